The molecule has 1 aliphatic heterocycles. The van der Waals surface area contributed by atoms with Crippen molar-refractivity contribution in [2.75, 3.05) is 11.5 Å². The summed E-state index contributed by atoms with van der Waals surface area (Å²) in [5, 5.41) is 4.38. The van der Waals surface area contributed by atoms with Crippen LogP contribution >= 0.6 is 23.4 Å². The van der Waals surface area contributed by atoms with E-state index in [0.29, 0.717) is 6.04 Å². The summed E-state index contributed by atoms with van der Waals surface area (Å²) in [6.45, 7) is 0.925. The fraction of sp³-hybridized carbons (Fsp3) is 0.600. The molecule has 1 unspecified atom stereocenters. The van der Waals surface area contributed by atoms with Crippen LogP contribution in [0.2, 0.25) is 5.02 Å². The van der Waals surface area contributed by atoms with Crippen LogP contribution in [0.5, 0.6) is 0 Å². The molecular formula is C10H15ClN2S. The molecule has 0 saturated carbocycles. The summed E-state index contributed by atoms with van der Waals surface area (Å²) in [7, 11) is 2.03. The second-order valence-electron chi connectivity index (χ2n) is 3.70. The van der Waals surface area contributed by atoms with Gasteiger partial charge in [0.05, 0.1) is 5.02 Å². The molecule has 14 heavy (non-hydrogen) atoms. The first kappa shape index (κ1) is 10.4. The minimum absolute atomic E-state index is 0.689. The standard InChI is InChI=1S/C10H15ClN2S/c1-13-6-8(11)4-10(13)5-12-9-2-3-14-7-9/h4,6,9,12H,2-3,5,7H2,1H3. The van der Waals surface area contributed by atoms with Gasteiger partial charge in [0.15, 0.2) is 0 Å². The van der Waals surface area contributed by atoms with Gasteiger partial charge in [-0.2, -0.15) is 11.8 Å². The molecule has 0 bridgehead atoms. The van der Waals surface area contributed by atoms with Gasteiger partial charge in [-0.15, -0.1) is 0 Å². The molecule has 2 heterocycles. The van der Waals surface area contributed by atoms with Crippen LogP contribution in [-0.4, -0.2) is 22.1 Å². The predicted molar refractivity (Wildman–Crippen MR) is 63.0 cm³/mol. The van der Waals surface area contributed by atoms with Crippen molar-refractivity contribution >= 4 is 23.4 Å². The summed E-state index contributed by atoms with van der Waals surface area (Å²) in [5.74, 6) is 2.55. The van der Waals surface area contributed by atoms with Gasteiger partial charge >= 0.3 is 0 Å². The van der Waals surface area contributed by atoms with Crippen LogP contribution in [0.3, 0.4) is 0 Å². The number of aromatic nitrogens is 1. The number of nitrogens with one attached hydrogen (secondary N) is 1. The molecule has 78 valence electrons. The van der Waals surface area contributed by atoms with E-state index in [1.54, 1.807) is 0 Å². The van der Waals surface area contributed by atoms with E-state index in [0.717, 1.165) is 11.6 Å². The Morgan fingerprint density at radius 2 is 2.57 bits per heavy atom. The average molecular weight is 231 g/mol. The van der Waals surface area contributed by atoms with Crippen LogP contribution in [0.25, 0.3) is 0 Å². The summed E-state index contributed by atoms with van der Waals surface area (Å²) in [6.07, 6.45) is 3.24. The molecule has 1 aliphatic rings. The minimum atomic E-state index is 0.689. The van der Waals surface area contributed by atoms with Gasteiger partial charge in [-0.25, -0.2) is 0 Å². The third-order valence-electron chi connectivity index (χ3n) is 2.58. The molecule has 1 fully saturated rings. The molecule has 0 aliphatic carbocycles. The van der Waals surface area contributed by atoms with Gasteiger partial charge < -0.3 is 9.88 Å². The number of thioether (sulfide) groups is 1. The number of aryl methyl sites for hydroxylation is 1. The van der Waals surface area contributed by atoms with E-state index < -0.39 is 0 Å². The van der Waals surface area contributed by atoms with Gasteiger partial charge in [-0.3, -0.25) is 0 Å². The molecule has 1 saturated heterocycles. The van der Waals surface area contributed by atoms with Gasteiger partial charge in [0.1, 0.15) is 0 Å². The zero-order valence-corrected chi connectivity index (χ0v) is 9.87. The quantitative estimate of drug-likeness (QED) is 0.858. The summed E-state index contributed by atoms with van der Waals surface area (Å²) >= 11 is 7.94. The highest BCUT2D eigenvalue weighted by Crippen LogP contribution is 2.18. The number of halogens is 1. The van der Waals surface area contributed by atoms with Gasteiger partial charge in [-0.05, 0) is 18.2 Å². The Labute approximate surface area is 94.0 Å². The van der Waals surface area contributed by atoms with Crippen molar-refractivity contribution in [3.8, 4) is 0 Å². The van der Waals surface area contributed by atoms with Gasteiger partial charge in [0, 0.05) is 37.3 Å². The average Bonchev–Trinajstić information content (AvgIpc) is 2.72. The topological polar surface area (TPSA) is 17.0 Å². The lowest BCUT2D eigenvalue weighted by Crippen LogP contribution is -2.28. The maximum Gasteiger partial charge on any atom is 0.0585 e. The third-order valence-corrected chi connectivity index (χ3v) is 3.95. The second kappa shape index (κ2) is 4.60. The van der Waals surface area contributed by atoms with Crippen LogP contribution in [0, 0.1) is 0 Å². The van der Waals surface area contributed by atoms with E-state index in [2.05, 4.69) is 9.88 Å². The monoisotopic (exact) mass is 230 g/mol. The van der Waals surface area contributed by atoms with Crippen molar-refractivity contribution < 1.29 is 0 Å². The summed E-state index contributed by atoms with van der Waals surface area (Å²) in [6, 6.07) is 2.71. The van der Waals surface area contributed by atoms with Crippen LogP contribution in [0.15, 0.2) is 12.3 Å². The van der Waals surface area contributed by atoms with Crippen molar-refractivity contribution in [1.29, 1.82) is 0 Å². The molecule has 1 aromatic rings. The minimum Gasteiger partial charge on any atom is -0.352 e. The molecular weight excluding hydrogens is 216 g/mol. The van der Waals surface area contributed by atoms with Gasteiger partial charge in [0.25, 0.3) is 0 Å². The molecule has 1 N–H and O–H groups in total. The molecule has 2 rings (SSSR count). The van der Waals surface area contributed by atoms with Crippen LogP contribution < -0.4 is 5.32 Å². The Balaban J connectivity index is 1.87. The van der Waals surface area contributed by atoms with Crippen LogP contribution in [0.1, 0.15) is 12.1 Å². The lowest BCUT2D eigenvalue weighted by Gasteiger charge is -2.11. The normalized spacial score (nSPS) is 21.7. The summed E-state index contributed by atoms with van der Waals surface area (Å²) in [4.78, 5) is 0. The fourth-order valence-corrected chi connectivity index (χ4v) is 3.15. The van der Waals surface area contributed by atoms with Crippen molar-refractivity contribution in [2.45, 2.75) is 19.0 Å². The molecule has 4 heteroatoms. The highest BCUT2D eigenvalue weighted by molar-refractivity contribution is 7.99. The van der Waals surface area contributed by atoms with E-state index in [9.17, 15) is 0 Å². The highest BCUT2D eigenvalue weighted by Gasteiger charge is 2.14. The van der Waals surface area contributed by atoms with Crippen LogP contribution in [-0.2, 0) is 13.6 Å². The van der Waals surface area contributed by atoms with Gasteiger partial charge in [0.2, 0.25) is 0 Å². The van der Waals surface area contributed by atoms with E-state index in [1.807, 2.05) is 31.1 Å². The first-order valence-corrected chi connectivity index (χ1v) is 6.41. The highest BCUT2D eigenvalue weighted by atomic mass is 35.5. The molecule has 1 atom stereocenters. The first-order chi connectivity index (χ1) is 6.75. The van der Waals surface area contributed by atoms with Crippen LogP contribution in [0.4, 0.5) is 0 Å². The summed E-state index contributed by atoms with van der Waals surface area (Å²) in [5.41, 5.74) is 1.26. The Bertz CT molecular complexity index is 305. The lowest BCUT2D eigenvalue weighted by molar-refractivity contribution is 0.544. The number of rotatable bonds is 3. The molecule has 0 radical (unpaired) electrons. The van der Waals surface area contributed by atoms with Gasteiger partial charge in [-0.1, -0.05) is 11.6 Å². The largest absolute Gasteiger partial charge is 0.352 e. The molecule has 0 spiro atoms. The maximum absolute atomic E-state index is 5.91. The number of hydrogen-bond donors (Lipinski definition) is 1. The van der Waals surface area contributed by atoms with E-state index in [-0.39, 0.29) is 0 Å². The SMILES string of the molecule is Cn1cc(Cl)cc1CNC1CCSC1. The fourth-order valence-electron chi connectivity index (χ4n) is 1.69. The lowest BCUT2D eigenvalue weighted by atomic mass is 10.2. The molecule has 0 amide bonds. The Morgan fingerprint density at radius 1 is 1.71 bits per heavy atom. The molecule has 1 aromatic heterocycles. The molecule has 2 nitrogen and oxygen atoms in total. The second-order valence-corrected chi connectivity index (χ2v) is 5.29. The van der Waals surface area contributed by atoms with Crippen molar-refractivity contribution in [3.63, 3.8) is 0 Å². The summed E-state index contributed by atoms with van der Waals surface area (Å²) < 4.78 is 2.08. The number of hydrogen-bond acceptors (Lipinski definition) is 2. The number of nitrogens with zero attached hydrogens (tertiary/aromatic N) is 1. The maximum atomic E-state index is 5.91. The van der Waals surface area contributed by atoms with Crippen molar-refractivity contribution in [2.24, 2.45) is 7.05 Å². The Hall–Kier alpha value is -0.120. The molecule has 0 aromatic carbocycles. The zero-order chi connectivity index (χ0) is 9.97. The first-order valence-electron chi connectivity index (χ1n) is 4.87. The van der Waals surface area contributed by atoms with E-state index in [4.69, 9.17) is 11.6 Å². The zero-order valence-electron chi connectivity index (χ0n) is 8.29. The Kier molecular flexibility index (Phi) is 3.42. The Morgan fingerprint density at radius 3 is 3.14 bits per heavy atom. The predicted octanol–water partition coefficient (Wildman–Crippen LogP) is 2.27. The van der Waals surface area contributed by atoms with E-state index >= 15 is 0 Å². The van der Waals surface area contributed by atoms with Crippen molar-refractivity contribution in [1.82, 2.24) is 9.88 Å². The van der Waals surface area contributed by atoms with E-state index in [1.165, 1.54) is 23.6 Å². The van der Waals surface area contributed by atoms with Crippen molar-refractivity contribution in [3.05, 3.63) is 23.0 Å². The smallest absolute Gasteiger partial charge is 0.0585 e. The third kappa shape index (κ3) is 2.47.